The van der Waals surface area contributed by atoms with Crippen molar-refractivity contribution in [3.8, 4) is 11.3 Å². The molecule has 0 saturated heterocycles. The Labute approximate surface area is 101 Å². The molecule has 1 N–H and O–H groups in total. The molecule has 0 spiro atoms. The zero-order chi connectivity index (χ0) is 12.4. The lowest BCUT2D eigenvalue weighted by Gasteiger charge is -2.06. The lowest BCUT2D eigenvalue weighted by atomic mass is 10.0. The smallest absolute Gasteiger partial charge is 0.267 e. The van der Waals surface area contributed by atoms with E-state index in [1.165, 1.54) is 5.56 Å². The monoisotopic (exact) mass is 228 g/mol. The molecule has 0 amide bonds. The van der Waals surface area contributed by atoms with Gasteiger partial charge in [-0.2, -0.15) is 5.10 Å². The molecule has 1 aromatic carbocycles. The Bertz CT molecular complexity index is 568. The van der Waals surface area contributed by atoms with Crippen LogP contribution in [0, 0.1) is 6.92 Å². The fourth-order valence-corrected chi connectivity index (χ4v) is 1.69. The lowest BCUT2D eigenvalue weighted by molar-refractivity contribution is 0.866. The number of hydrogen-bond donors (Lipinski definition) is 1. The van der Waals surface area contributed by atoms with Gasteiger partial charge in [0, 0.05) is 11.1 Å². The number of nitrogens with one attached hydrogen (secondary N) is 1. The van der Waals surface area contributed by atoms with E-state index in [1.807, 2.05) is 18.2 Å². The van der Waals surface area contributed by atoms with Crippen LogP contribution in [0.1, 0.15) is 30.9 Å². The highest BCUT2D eigenvalue weighted by molar-refractivity contribution is 5.59. The first-order chi connectivity index (χ1) is 8.08. The van der Waals surface area contributed by atoms with Crippen LogP contribution in [-0.4, -0.2) is 10.2 Å². The third-order valence-corrected chi connectivity index (χ3v) is 2.86. The summed E-state index contributed by atoms with van der Waals surface area (Å²) >= 11 is 0. The molecule has 2 rings (SSSR count). The van der Waals surface area contributed by atoms with Gasteiger partial charge in [-0.25, -0.2) is 5.10 Å². The van der Waals surface area contributed by atoms with Gasteiger partial charge in [0.25, 0.3) is 5.56 Å². The minimum Gasteiger partial charge on any atom is -0.268 e. The molecule has 0 bridgehead atoms. The van der Waals surface area contributed by atoms with Crippen LogP contribution in [0.5, 0.6) is 0 Å². The number of aromatic nitrogens is 2. The molecular formula is C14H16N2O. The second-order valence-electron chi connectivity index (χ2n) is 4.54. The Hall–Kier alpha value is -1.90. The van der Waals surface area contributed by atoms with E-state index in [0.717, 1.165) is 11.3 Å². The van der Waals surface area contributed by atoms with Crippen LogP contribution in [0.3, 0.4) is 0 Å². The predicted octanol–water partition coefficient (Wildman–Crippen LogP) is 2.87. The zero-order valence-corrected chi connectivity index (χ0v) is 10.3. The fraction of sp³-hybridized carbons (Fsp3) is 0.286. The summed E-state index contributed by atoms with van der Waals surface area (Å²) in [6.07, 6.45) is 0. The quantitative estimate of drug-likeness (QED) is 0.859. The number of aryl methyl sites for hydroxylation is 1. The molecule has 2 aromatic rings. The summed E-state index contributed by atoms with van der Waals surface area (Å²) in [5.74, 6) is 0.523. The number of aromatic amines is 1. The van der Waals surface area contributed by atoms with Crippen molar-refractivity contribution < 1.29 is 0 Å². The van der Waals surface area contributed by atoms with Gasteiger partial charge in [-0.1, -0.05) is 38.1 Å². The largest absolute Gasteiger partial charge is 0.268 e. The number of nitrogens with zero attached hydrogens (tertiary/aromatic N) is 1. The second kappa shape index (κ2) is 4.53. The van der Waals surface area contributed by atoms with Crippen molar-refractivity contribution in [3.05, 3.63) is 51.8 Å². The minimum absolute atomic E-state index is 0.132. The molecule has 1 aromatic heterocycles. The van der Waals surface area contributed by atoms with Crippen molar-refractivity contribution in [2.24, 2.45) is 0 Å². The summed E-state index contributed by atoms with van der Waals surface area (Å²) in [6, 6.07) is 10.1. The number of rotatable bonds is 2. The highest BCUT2D eigenvalue weighted by Gasteiger charge is 2.03. The lowest BCUT2D eigenvalue weighted by Crippen LogP contribution is -2.11. The molecule has 0 aliphatic carbocycles. The molecule has 0 aliphatic heterocycles. The van der Waals surface area contributed by atoms with Gasteiger partial charge in [0.05, 0.1) is 5.69 Å². The summed E-state index contributed by atoms with van der Waals surface area (Å²) in [7, 11) is 0. The van der Waals surface area contributed by atoms with Crippen molar-refractivity contribution in [3.63, 3.8) is 0 Å². The van der Waals surface area contributed by atoms with Crippen molar-refractivity contribution in [2.75, 3.05) is 0 Å². The molecule has 3 nitrogen and oxygen atoms in total. The van der Waals surface area contributed by atoms with E-state index in [0.29, 0.717) is 11.5 Å². The predicted molar refractivity (Wildman–Crippen MR) is 69.1 cm³/mol. The van der Waals surface area contributed by atoms with Crippen LogP contribution in [0.15, 0.2) is 35.1 Å². The van der Waals surface area contributed by atoms with Gasteiger partial charge in [0.2, 0.25) is 0 Å². The SMILES string of the molecule is Cc1cc(-c2ccc(C(C)C)cc2)n[nH]c1=O. The van der Waals surface area contributed by atoms with Crippen molar-refractivity contribution in [1.82, 2.24) is 10.2 Å². The van der Waals surface area contributed by atoms with E-state index in [4.69, 9.17) is 0 Å². The summed E-state index contributed by atoms with van der Waals surface area (Å²) < 4.78 is 0. The molecule has 1 heterocycles. The molecule has 3 heteroatoms. The van der Waals surface area contributed by atoms with Crippen molar-refractivity contribution in [1.29, 1.82) is 0 Å². The first-order valence-corrected chi connectivity index (χ1v) is 5.74. The third kappa shape index (κ3) is 2.44. The molecule has 0 unspecified atom stereocenters. The van der Waals surface area contributed by atoms with Gasteiger partial charge < -0.3 is 0 Å². The van der Waals surface area contributed by atoms with Gasteiger partial charge in [-0.05, 0) is 24.5 Å². The van der Waals surface area contributed by atoms with Gasteiger partial charge in [0.1, 0.15) is 0 Å². The van der Waals surface area contributed by atoms with Crippen molar-refractivity contribution in [2.45, 2.75) is 26.7 Å². The second-order valence-corrected chi connectivity index (χ2v) is 4.54. The van der Waals surface area contributed by atoms with Crippen LogP contribution in [-0.2, 0) is 0 Å². The fourth-order valence-electron chi connectivity index (χ4n) is 1.69. The summed E-state index contributed by atoms with van der Waals surface area (Å²) in [5.41, 5.74) is 3.68. The Kier molecular flexibility index (Phi) is 3.09. The number of benzene rings is 1. The summed E-state index contributed by atoms with van der Waals surface area (Å²) in [4.78, 5) is 11.2. The first kappa shape index (κ1) is 11.6. The van der Waals surface area contributed by atoms with Crippen LogP contribution in [0.25, 0.3) is 11.3 Å². The topological polar surface area (TPSA) is 45.8 Å². The summed E-state index contributed by atoms with van der Waals surface area (Å²) in [6.45, 7) is 6.11. The molecule has 0 radical (unpaired) electrons. The Morgan fingerprint density at radius 1 is 1.18 bits per heavy atom. The van der Waals surface area contributed by atoms with Gasteiger partial charge in [0.15, 0.2) is 0 Å². The maximum absolute atomic E-state index is 11.2. The third-order valence-electron chi connectivity index (χ3n) is 2.86. The summed E-state index contributed by atoms with van der Waals surface area (Å²) in [5, 5.41) is 6.54. The van der Waals surface area contributed by atoms with Crippen LogP contribution >= 0.6 is 0 Å². The maximum atomic E-state index is 11.2. The van der Waals surface area contributed by atoms with E-state index in [2.05, 4.69) is 36.2 Å². The van der Waals surface area contributed by atoms with Crippen molar-refractivity contribution >= 4 is 0 Å². The molecule has 88 valence electrons. The molecule has 17 heavy (non-hydrogen) atoms. The zero-order valence-electron chi connectivity index (χ0n) is 10.3. The van der Waals surface area contributed by atoms with E-state index in [-0.39, 0.29) is 5.56 Å². The Morgan fingerprint density at radius 2 is 1.82 bits per heavy atom. The molecule has 0 atom stereocenters. The molecule has 0 aliphatic rings. The molecule has 0 saturated carbocycles. The number of hydrogen-bond acceptors (Lipinski definition) is 2. The Balaban J connectivity index is 2.39. The number of H-pyrrole nitrogens is 1. The van der Waals surface area contributed by atoms with Gasteiger partial charge in [-0.15, -0.1) is 0 Å². The van der Waals surface area contributed by atoms with Crippen LogP contribution < -0.4 is 5.56 Å². The van der Waals surface area contributed by atoms with E-state index in [1.54, 1.807) is 6.92 Å². The maximum Gasteiger partial charge on any atom is 0.267 e. The van der Waals surface area contributed by atoms with E-state index >= 15 is 0 Å². The average molecular weight is 228 g/mol. The highest BCUT2D eigenvalue weighted by Crippen LogP contribution is 2.20. The van der Waals surface area contributed by atoms with E-state index < -0.39 is 0 Å². The molecule has 0 fully saturated rings. The first-order valence-electron chi connectivity index (χ1n) is 5.74. The highest BCUT2D eigenvalue weighted by atomic mass is 16.1. The van der Waals surface area contributed by atoms with Gasteiger partial charge >= 0.3 is 0 Å². The standard InChI is InChI=1S/C14H16N2O/c1-9(2)11-4-6-12(7-5-11)13-8-10(3)14(17)16-15-13/h4-9H,1-3H3,(H,16,17). The normalized spacial score (nSPS) is 10.8. The van der Waals surface area contributed by atoms with Crippen LogP contribution in [0.2, 0.25) is 0 Å². The average Bonchev–Trinajstić information content (AvgIpc) is 2.33. The van der Waals surface area contributed by atoms with Gasteiger partial charge in [-0.3, -0.25) is 4.79 Å². The molecular weight excluding hydrogens is 212 g/mol. The van der Waals surface area contributed by atoms with E-state index in [9.17, 15) is 4.79 Å². The Morgan fingerprint density at radius 3 is 2.35 bits per heavy atom. The van der Waals surface area contributed by atoms with Crippen LogP contribution in [0.4, 0.5) is 0 Å². The minimum atomic E-state index is -0.132.